The lowest BCUT2D eigenvalue weighted by atomic mass is 10.2. The topological polar surface area (TPSA) is 84.9 Å². The van der Waals surface area contributed by atoms with Crippen molar-refractivity contribution in [3.05, 3.63) is 42.1 Å². The van der Waals surface area contributed by atoms with Gasteiger partial charge in [0.25, 0.3) is 5.89 Å². The molecule has 6 nitrogen and oxygen atoms in total. The molecule has 3 rings (SSSR count). The van der Waals surface area contributed by atoms with Crippen molar-refractivity contribution in [3.8, 4) is 28.7 Å². The Labute approximate surface area is 108 Å². The van der Waals surface area contributed by atoms with E-state index in [-0.39, 0.29) is 11.6 Å². The molecule has 0 spiro atoms. The molecule has 0 saturated carbocycles. The van der Waals surface area contributed by atoms with Crippen LogP contribution in [0, 0.1) is 6.92 Å². The number of phenols is 1. The number of rotatable bonds is 2. The first kappa shape index (κ1) is 11.3. The zero-order valence-electron chi connectivity index (χ0n) is 10.1. The van der Waals surface area contributed by atoms with Crippen LogP contribution >= 0.6 is 0 Å². The fraction of sp³-hybridized carbons (Fsp3) is 0.0769. The molecule has 0 amide bonds. The third-order valence-corrected chi connectivity index (χ3v) is 2.59. The maximum absolute atomic E-state index is 9.72. The summed E-state index contributed by atoms with van der Waals surface area (Å²) in [5.41, 5.74) is 1.82. The highest BCUT2D eigenvalue weighted by Crippen LogP contribution is 2.28. The van der Waals surface area contributed by atoms with E-state index in [1.165, 1.54) is 0 Å². The monoisotopic (exact) mass is 254 g/mol. The molecule has 3 aromatic rings. The number of hydrogen-bond acceptors (Lipinski definition) is 6. The highest BCUT2D eigenvalue weighted by molar-refractivity contribution is 5.63. The van der Waals surface area contributed by atoms with Gasteiger partial charge in [0.1, 0.15) is 11.4 Å². The van der Waals surface area contributed by atoms with Gasteiger partial charge in [-0.1, -0.05) is 17.3 Å². The first-order valence-electron chi connectivity index (χ1n) is 5.67. The number of phenolic OH excluding ortho intramolecular Hbond substituents is 1. The van der Waals surface area contributed by atoms with Gasteiger partial charge in [-0.3, -0.25) is 0 Å². The van der Waals surface area contributed by atoms with Gasteiger partial charge in [0.15, 0.2) is 0 Å². The van der Waals surface area contributed by atoms with Gasteiger partial charge in [-0.2, -0.15) is 10.1 Å². The van der Waals surface area contributed by atoms with E-state index in [9.17, 15) is 5.11 Å². The molecule has 1 aromatic carbocycles. The Morgan fingerprint density at radius 2 is 1.89 bits per heavy atom. The first-order valence-corrected chi connectivity index (χ1v) is 5.67. The summed E-state index contributed by atoms with van der Waals surface area (Å²) in [7, 11) is 0. The van der Waals surface area contributed by atoms with Crippen LogP contribution < -0.4 is 0 Å². The van der Waals surface area contributed by atoms with Crippen molar-refractivity contribution < 1.29 is 9.63 Å². The van der Waals surface area contributed by atoms with Crippen LogP contribution in [0.2, 0.25) is 0 Å². The van der Waals surface area contributed by atoms with Gasteiger partial charge in [-0.05, 0) is 31.2 Å². The first-order chi connectivity index (χ1) is 9.24. The number of para-hydroxylation sites is 1. The Balaban J connectivity index is 2.00. The molecule has 0 atom stereocenters. The van der Waals surface area contributed by atoms with E-state index in [4.69, 9.17) is 4.52 Å². The minimum absolute atomic E-state index is 0.0905. The van der Waals surface area contributed by atoms with Crippen LogP contribution in [0.15, 0.2) is 40.9 Å². The minimum Gasteiger partial charge on any atom is -0.507 e. The van der Waals surface area contributed by atoms with E-state index in [1.807, 2.05) is 13.0 Å². The molecule has 0 radical (unpaired) electrons. The Hall–Kier alpha value is -2.76. The predicted octanol–water partition coefficient (Wildman–Crippen LogP) is 2.21. The van der Waals surface area contributed by atoms with Gasteiger partial charge in [0.2, 0.25) is 5.82 Å². The molecule has 2 heterocycles. The van der Waals surface area contributed by atoms with Crippen molar-refractivity contribution in [2.75, 3.05) is 0 Å². The SMILES string of the molecule is Cc1ccc(-c2noc(-c3ccccc3O)n2)nn1. The standard InChI is InChI=1S/C13H10N4O2/c1-8-6-7-10(16-15-8)12-14-13(19-17-12)9-4-2-3-5-11(9)18/h2-7,18H,1H3. The molecule has 1 N–H and O–H groups in total. The molecular formula is C13H10N4O2. The van der Waals surface area contributed by atoms with Crippen molar-refractivity contribution >= 4 is 0 Å². The van der Waals surface area contributed by atoms with Gasteiger partial charge in [-0.15, -0.1) is 5.10 Å². The molecule has 0 saturated heterocycles. The summed E-state index contributed by atoms with van der Waals surface area (Å²) in [5, 5.41) is 21.5. The molecule has 0 unspecified atom stereocenters. The van der Waals surface area contributed by atoms with E-state index in [1.54, 1.807) is 30.3 Å². The van der Waals surface area contributed by atoms with Crippen LogP contribution in [-0.4, -0.2) is 25.4 Å². The third kappa shape index (κ3) is 2.15. The largest absolute Gasteiger partial charge is 0.507 e. The van der Waals surface area contributed by atoms with Gasteiger partial charge in [0.05, 0.1) is 11.3 Å². The molecule has 0 fully saturated rings. The minimum atomic E-state index is 0.0905. The van der Waals surface area contributed by atoms with E-state index >= 15 is 0 Å². The summed E-state index contributed by atoms with van der Waals surface area (Å²) in [6.07, 6.45) is 0. The van der Waals surface area contributed by atoms with Gasteiger partial charge >= 0.3 is 0 Å². The van der Waals surface area contributed by atoms with Crippen molar-refractivity contribution in [1.29, 1.82) is 0 Å². The summed E-state index contributed by atoms with van der Waals surface area (Å²) in [5.74, 6) is 0.675. The van der Waals surface area contributed by atoms with Crippen molar-refractivity contribution in [2.45, 2.75) is 6.92 Å². The van der Waals surface area contributed by atoms with Crippen LogP contribution in [0.25, 0.3) is 23.0 Å². The maximum Gasteiger partial charge on any atom is 0.262 e. The summed E-state index contributed by atoms with van der Waals surface area (Å²) in [4.78, 5) is 4.20. The van der Waals surface area contributed by atoms with Crippen molar-refractivity contribution in [3.63, 3.8) is 0 Å². The van der Waals surface area contributed by atoms with E-state index in [0.29, 0.717) is 17.1 Å². The van der Waals surface area contributed by atoms with E-state index < -0.39 is 0 Å². The molecule has 0 aliphatic carbocycles. The molecular weight excluding hydrogens is 244 g/mol. The predicted molar refractivity (Wildman–Crippen MR) is 67.2 cm³/mol. The maximum atomic E-state index is 9.72. The lowest BCUT2D eigenvalue weighted by Crippen LogP contribution is -1.90. The molecule has 19 heavy (non-hydrogen) atoms. The van der Waals surface area contributed by atoms with Crippen molar-refractivity contribution in [1.82, 2.24) is 20.3 Å². The van der Waals surface area contributed by atoms with Gasteiger partial charge < -0.3 is 9.63 Å². The Bertz CT molecular complexity index is 707. The Morgan fingerprint density at radius 3 is 2.63 bits per heavy atom. The number of aromatic nitrogens is 4. The van der Waals surface area contributed by atoms with Crippen LogP contribution in [0.5, 0.6) is 5.75 Å². The summed E-state index contributed by atoms with van der Waals surface area (Å²) >= 11 is 0. The van der Waals surface area contributed by atoms with Crippen LogP contribution in [0.1, 0.15) is 5.69 Å². The second-order valence-corrected chi connectivity index (χ2v) is 4.00. The van der Waals surface area contributed by atoms with E-state index in [2.05, 4.69) is 20.3 Å². The van der Waals surface area contributed by atoms with Crippen LogP contribution in [0.3, 0.4) is 0 Å². The number of benzene rings is 1. The quantitative estimate of drug-likeness (QED) is 0.754. The average Bonchev–Trinajstić information content (AvgIpc) is 2.89. The summed E-state index contributed by atoms with van der Waals surface area (Å²) < 4.78 is 5.13. The second-order valence-electron chi connectivity index (χ2n) is 4.00. The highest BCUT2D eigenvalue weighted by Gasteiger charge is 2.14. The average molecular weight is 254 g/mol. The summed E-state index contributed by atoms with van der Waals surface area (Å²) in [6, 6.07) is 10.4. The smallest absolute Gasteiger partial charge is 0.262 e. The lowest BCUT2D eigenvalue weighted by Gasteiger charge is -1.96. The van der Waals surface area contributed by atoms with Gasteiger partial charge in [-0.25, -0.2) is 0 Å². The molecule has 0 aliphatic rings. The summed E-state index contributed by atoms with van der Waals surface area (Å²) in [6.45, 7) is 1.85. The zero-order valence-corrected chi connectivity index (χ0v) is 10.1. The van der Waals surface area contributed by atoms with Crippen LogP contribution in [-0.2, 0) is 0 Å². The second kappa shape index (κ2) is 4.49. The fourth-order valence-electron chi connectivity index (χ4n) is 1.61. The molecule has 6 heteroatoms. The highest BCUT2D eigenvalue weighted by atomic mass is 16.5. The zero-order chi connectivity index (χ0) is 13.2. The van der Waals surface area contributed by atoms with Crippen molar-refractivity contribution in [2.24, 2.45) is 0 Å². The fourth-order valence-corrected chi connectivity index (χ4v) is 1.61. The third-order valence-electron chi connectivity index (χ3n) is 2.59. The Kier molecular flexibility index (Phi) is 2.68. The lowest BCUT2D eigenvalue weighted by molar-refractivity contribution is 0.425. The number of aromatic hydroxyl groups is 1. The normalized spacial score (nSPS) is 10.6. The molecule has 94 valence electrons. The van der Waals surface area contributed by atoms with Crippen LogP contribution in [0.4, 0.5) is 0 Å². The Morgan fingerprint density at radius 1 is 1.05 bits per heavy atom. The molecule has 0 aliphatic heterocycles. The van der Waals surface area contributed by atoms with E-state index in [0.717, 1.165) is 5.69 Å². The number of nitrogens with zero attached hydrogens (tertiary/aromatic N) is 4. The number of aryl methyl sites for hydroxylation is 1. The van der Waals surface area contributed by atoms with Gasteiger partial charge in [0, 0.05) is 0 Å². The molecule has 0 bridgehead atoms. The number of hydrogen-bond donors (Lipinski definition) is 1. The molecule has 2 aromatic heterocycles.